The van der Waals surface area contributed by atoms with E-state index in [9.17, 15) is 0 Å². The molecule has 2 aromatic carbocycles. The molecule has 0 aliphatic carbocycles. The van der Waals surface area contributed by atoms with Crippen LogP contribution in [0.4, 0.5) is 0 Å². The van der Waals surface area contributed by atoms with E-state index < -0.39 is 0 Å². The summed E-state index contributed by atoms with van der Waals surface area (Å²) in [4.78, 5) is 4.39. The third-order valence-electron chi connectivity index (χ3n) is 3.40. The zero-order valence-electron chi connectivity index (χ0n) is 13.8. The Morgan fingerprint density at radius 3 is 2.68 bits per heavy atom. The summed E-state index contributed by atoms with van der Waals surface area (Å²) in [6.07, 6.45) is 0.0358. The lowest BCUT2D eigenvalue weighted by Gasteiger charge is -2.11. The normalized spacial score (nSPS) is 10.9. The summed E-state index contributed by atoms with van der Waals surface area (Å²) in [5.41, 5.74) is 7.52. The second kappa shape index (κ2) is 6.94. The first kappa shape index (κ1) is 17.0. The molecule has 0 aliphatic heterocycles. The highest BCUT2D eigenvalue weighted by Crippen LogP contribution is 2.31. The van der Waals surface area contributed by atoms with Crippen molar-refractivity contribution < 1.29 is 9.26 Å². The van der Waals surface area contributed by atoms with Gasteiger partial charge in [-0.3, -0.25) is 5.41 Å². The fourth-order valence-electron chi connectivity index (χ4n) is 2.27. The van der Waals surface area contributed by atoms with Crippen molar-refractivity contribution in [3.05, 3.63) is 53.1 Å². The quantitative estimate of drug-likeness (QED) is 0.529. The van der Waals surface area contributed by atoms with Gasteiger partial charge in [-0.15, -0.1) is 0 Å². The Morgan fingerprint density at radius 2 is 2.00 bits per heavy atom. The molecule has 0 amide bonds. The van der Waals surface area contributed by atoms with Crippen LogP contribution in [0.2, 0.25) is 5.02 Å². The minimum atomic E-state index is -0.0193. The minimum absolute atomic E-state index is 0.0193. The van der Waals surface area contributed by atoms with Crippen molar-refractivity contribution in [2.75, 3.05) is 0 Å². The standard InChI is InChI=1S/C18H17ClN4O2/c1-10(2)24-15-7-6-12(9-14(15)19)17-22-18(25-23-17)13-5-3-4-11(8-13)16(20)21/h3-10H,1-2H3,(H3,20,21). The molecule has 1 heterocycles. The van der Waals surface area contributed by atoms with Gasteiger partial charge >= 0.3 is 0 Å². The molecule has 0 saturated heterocycles. The Bertz CT molecular complexity index is 921. The summed E-state index contributed by atoms with van der Waals surface area (Å²) in [5, 5.41) is 12.0. The van der Waals surface area contributed by atoms with Crippen molar-refractivity contribution in [3.8, 4) is 28.6 Å². The molecule has 3 aromatic rings. The van der Waals surface area contributed by atoms with Gasteiger partial charge < -0.3 is 15.0 Å². The highest BCUT2D eigenvalue weighted by atomic mass is 35.5. The zero-order valence-corrected chi connectivity index (χ0v) is 14.5. The summed E-state index contributed by atoms with van der Waals surface area (Å²) < 4.78 is 10.9. The van der Waals surface area contributed by atoms with Gasteiger partial charge in [0, 0.05) is 16.7 Å². The van der Waals surface area contributed by atoms with Crippen molar-refractivity contribution in [3.63, 3.8) is 0 Å². The first-order valence-corrected chi connectivity index (χ1v) is 8.07. The molecule has 6 nitrogen and oxygen atoms in total. The first-order chi connectivity index (χ1) is 11.9. The number of hydrogen-bond acceptors (Lipinski definition) is 5. The maximum Gasteiger partial charge on any atom is 0.258 e. The minimum Gasteiger partial charge on any atom is -0.489 e. The fourth-order valence-corrected chi connectivity index (χ4v) is 2.49. The van der Waals surface area contributed by atoms with E-state index in [1.165, 1.54) is 0 Å². The molecule has 0 unspecified atom stereocenters. The molecule has 25 heavy (non-hydrogen) atoms. The van der Waals surface area contributed by atoms with E-state index in [2.05, 4.69) is 10.1 Å². The van der Waals surface area contributed by atoms with Gasteiger partial charge in [0.1, 0.15) is 11.6 Å². The average Bonchev–Trinajstić information content (AvgIpc) is 3.06. The zero-order chi connectivity index (χ0) is 18.0. The molecule has 1 aromatic heterocycles. The number of amidine groups is 1. The van der Waals surface area contributed by atoms with Crippen LogP contribution in [0.1, 0.15) is 19.4 Å². The molecule has 0 saturated carbocycles. The van der Waals surface area contributed by atoms with Crippen LogP contribution in [0.3, 0.4) is 0 Å². The van der Waals surface area contributed by atoms with Gasteiger partial charge in [-0.2, -0.15) is 4.98 Å². The van der Waals surface area contributed by atoms with Crippen LogP contribution >= 0.6 is 11.6 Å². The van der Waals surface area contributed by atoms with Gasteiger partial charge in [0.2, 0.25) is 5.82 Å². The Hall–Kier alpha value is -2.86. The number of nitrogen functional groups attached to an aromatic ring is 1. The van der Waals surface area contributed by atoms with Gasteiger partial charge in [-0.25, -0.2) is 0 Å². The SMILES string of the molecule is CC(C)Oc1ccc(-c2noc(-c3cccc(C(=N)N)c3)n2)cc1Cl. The van der Waals surface area contributed by atoms with E-state index >= 15 is 0 Å². The average molecular weight is 357 g/mol. The van der Waals surface area contributed by atoms with Gasteiger partial charge in [-0.05, 0) is 44.2 Å². The maximum absolute atomic E-state index is 7.51. The van der Waals surface area contributed by atoms with Crippen molar-refractivity contribution in [2.24, 2.45) is 5.73 Å². The lowest BCUT2D eigenvalue weighted by molar-refractivity contribution is 0.242. The van der Waals surface area contributed by atoms with Crippen molar-refractivity contribution >= 4 is 17.4 Å². The monoisotopic (exact) mass is 356 g/mol. The summed E-state index contributed by atoms with van der Waals surface area (Å²) in [5.74, 6) is 1.35. The molecular formula is C18H17ClN4O2. The predicted molar refractivity (Wildman–Crippen MR) is 97.0 cm³/mol. The molecule has 7 heteroatoms. The van der Waals surface area contributed by atoms with Gasteiger partial charge in [0.15, 0.2) is 0 Å². The summed E-state index contributed by atoms with van der Waals surface area (Å²) in [6, 6.07) is 12.4. The van der Waals surface area contributed by atoms with Gasteiger partial charge in [0.05, 0.1) is 11.1 Å². The van der Waals surface area contributed by atoms with E-state index in [0.717, 1.165) is 5.56 Å². The Morgan fingerprint density at radius 1 is 1.20 bits per heavy atom. The predicted octanol–water partition coefficient (Wildman–Crippen LogP) is 4.13. The third-order valence-corrected chi connectivity index (χ3v) is 3.69. The van der Waals surface area contributed by atoms with Gasteiger partial charge in [-0.1, -0.05) is 28.9 Å². The van der Waals surface area contributed by atoms with Crippen LogP contribution in [0.5, 0.6) is 5.75 Å². The number of benzene rings is 2. The molecule has 3 rings (SSSR count). The Kier molecular flexibility index (Phi) is 4.72. The number of ether oxygens (including phenoxy) is 1. The van der Waals surface area contributed by atoms with Crippen LogP contribution in [0, 0.1) is 5.41 Å². The molecule has 0 spiro atoms. The highest BCUT2D eigenvalue weighted by molar-refractivity contribution is 6.32. The smallest absolute Gasteiger partial charge is 0.258 e. The number of nitrogens with two attached hydrogens (primary N) is 1. The van der Waals surface area contributed by atoms with Crippen LogP contribution in [0.15, 0.2) is 47.0 Å². The second-order valence-corrected chi connectivity index (χ2v) is 6.14. The van der Waals surface area contributed by atoms with Gasteiger partial charge in [0.25, 0.3) is 5.89 Å². The van der Waals surface area contributed by atoms with Crippen molar-refractivity contribution in [1.29, 1.82) is 5.41 Å². The lowest BCUT2D eigenvalue weighted by atomic mass is 10.1. The van der Waals surface area contributed by atoms with Crippen LogP contribution < -0.4 is 10.5 Å². The van der Waals surface area contributed by atoms with E-state index in [4.69, 9.17) is 32.0 Å². The number of nitrogens with one attached hydrogen (secondary N) is 1. The van der Waals surface area contributed by atoms with E-state index in [1.807, 2.05) is 26.0 Å². The topological polar surface area (TPSA) is 98.0 Å². The van der Waals surface area contributed by atoms with E-state index in [1.54, 1.807) is 30.3 Å². The third kappa shape index (κ3) is 3.80. The van der Waals surface area contributed by atoms with Crippen LogP contribution in [0.25, 0.3) is 22.8 Å². The van der Waals surface area contributed by atoms with E-state index in [0.29, 0.717) is 33.6 Å². The number of rotatable bonds is 5. The number of hydrogen-bond donors (Lipinski definition) is 2. The molecule has 3 N–H and O–H groups in total. The molecule has 0 fully saturated rings. The summed E-state index contributed by atoms with van der Waals surface area (Å²) >= 11 is 6.25. The molecule has 0 radical (unpaired) electrons. The Balaban J connectivity index is 1.90. The lowest BCUT2D eigenvalue weighted by Crippen LogP contribution is -2.10. The number of aromatic nitrogens is 2. The molecular weight excluding hydrogens is 340 g/mol. The van der Waals surface area contributed by atoms with Crippen LogP contribution in [-0.2, 0) is 0 Å². The molecule has 0 bridgehead atoms. The maximum atomic E-state index is 7.51. The molecule has 128 valence electrons. The second-order valence-electron chi connectivity index (χ2n) is 5.73. The number of nitrogens with zero attached hydrogens (tertiary/aromatic N) is 2. The van der Waals surface area contributed by atoms with E-state index in [-0.39, 0.29) is 11.9 Å². The largest absolute Gasteiger partial charge is 0.489 e. The molecule has 0 aliphatic rings. The van der Waals surface area contributed by atoms with Crippen molar-refractivity contribution in [2.45, 2.75) is 20.0 Å². The molecule has 0 atom stereocenters. The van der Waals surface area contributed by atoms with Crippen molar-refractivity contribution in [1.82, 2.24) is 10.1 Å². The Labute approximate surface area is 150 Å². The summed E-state index contributed by atoms with van der Waals surface area (Å²) in [7, 11) is 0. The summed E-state index contributed by atoms with van der Waals surface area (Å²) in [6.45, 7) is 3.87. The first-order valence-electron chi connectivity index (χ1n) is 7.69. The fraction of sp³-hybridized carbons (Fsp3) is 0.167. The highest BCUT2D eigenvalue weighted by Gasteiger charge is 2.13. The van der Waals surface area contributed by atoms with Crippen LogP contribution in [-0.4, -0.2) is 22.1 Å². The number of halogens is 1.